The van der Waals surface area contributed by atoms with Crippen molar-refractivity contribution >= 4 is 0 Å². The molecule has 2 atom stereocenters. The highest BCUT2D eigenvalue weighted by Gasteiger charge is 2.29. The first-order valence-electron chi connectivity index (χ1n) is 6.91. The van der Waals surface area contributed by atoms with Crippen LogP contribution in [0.5, 0.6) is 5.75 Å². The smallest absolute Gasteiger partial charge is 0.128 e. The van der Waals surface area contributed by atoms with E-state index in [0.717, 1.165) is 12.0 Å². The number of hydrogen-bond acceptors (Lipinski definition) is 2. The lowest BCUT2D eigenvalue weighted by atomic mass is 9.92. The molecule has 3 heteroatoms. The van der Waals surface area contributed by atoms with Gasteiger partial charge in [0.15, 0.2) is 0 Å². The number of fused-ring (bicyclic) bond motifs is 1. The molecule has 3 rings (SSSR count). The second kappa shape index (κ2) is 5.25. The molecule has 2 aromatic rings. The van der Waals surface area contributed by atoms with Gasteiger partial charge in [0.25, 0.3) is 0 Å². The highest BCUT2D eigenvalue weighted by molar-refractivity contribution is 5.40. The van der Waals surface area contributed by atoms with Crippen LogP contribution in [0.1, 0.15) is 42.2 Å². The van der Waals surface area contributed by atoms with Crippen LogP contribution in [0.15, 0.2) is 42.5 Å². The number of halogens is 1. The lowest BCUT2D eigenvalue weighted by Gasteiger charge is -2.31. The Morgan fingerprint density at radius 2 is 2.00 bits per heavy atom. The van der Waals surface area contributed by atoms with Crippen molar-refractivity contribution in [2.75, 3.05) is 0 Å². The molecule has 1 aliphatic rings. The zero-order valence-corrected chi connectivity index (χ0v) is 11.3. The SMILES string of the molecule is CCc1ccccc1C1C[C@H](O)c2ccc(F)cc2O1. The molecule has 0 amide bonds. The first-order valence-corrected chi connectivity index (χ1v) is 6.91. The average Bonchev–Trinajstić information content (AvgIpc) is 2.46. The van der Waals surface area contributed by atoms with Gasteiger partial charge in [-0.1, -0.05) is 31.2 Å². The third-order valence-electron chi connectivity index (χ3n) is 3.82. The Hall–Kier alpha value is -1.87. The van der Waals surface area contributed by atoms with Gasteiger partial charge < -0.3 is 9.84 Å². The van der Waals surface area contributed by atoms with Gasteiger partial charge in [-0.3, -0.25) is 0 Å². The topological polar surface area (TPSA) is 29.5 Å². The van der Waals surface area contributed by atoms with Crippen LogP contribution in [0.2, 0.25) is 0 Å². The molecule has 20 heavy (non-hydrogen) atoms. The molecule has 0 saturated heterocycles. The summed E-state index contributed by atoms with van der Waals surface area (Å²) in [5, 5.41) is 10.2. The van der Waals surface area contributed by atoms with Gasteiger partial charge in [-0.15, -0.1) is 0 Å². The van der Waals surface area contributed by atoms with Gasteiger partial charge in [0, 0.05) is 18.1 Å². The minimum absolute atomic E-state index is 0.226. The van der Waals surface area contributed by atoms with E-state index in [1.807, 2.05) is 18.2 Å². The second-order valence-electron chi connectivity index (χ2n) is 5.09. The fraction of sp³-hybridized carbons (Fsp3) is 0.294. The maximum absolute atomic E-state index is 13.3. The summed E-state index contributed by atoms with van der Waals surface area (Å²) in [7, 11) is 0. The summed E-state index contributed by atoms with van der Waals surface area (Å²) in [6.07, 6.45) is 0.558. The molecular weight excluding hydrogens is 255 g/mol. The van der Waals surface area contributed by atoms with Crippen molar-refractivity contribution in [1.29, 1.82) is 0 Å². The molecule has 0 aromatic heterocycles. The summed E-state index contributed by atoms with van der Waals surface area (Å²) in [4.78, 5) is 0. The Kier molecular flexibility index (Phi) is 3.45. The lowest BCUT2D eigenvalue weighted by molar-refractivity contribution is 0.0650. The van der Waals surface area contributed by atoms with E-state index < -0.39 is 6.10 Å². The standard InChI is InChI=1S/C17H17FO2/c1-2-11-5-3-4-6-13(11)17-10-15(19)14-8-7-12(18)9-16(14)20-17/h3-9,15,17,19H,2,10H2,1H3/t15-,17?/m0/s1. The number of hydrogen-bond donors (Lipinski definition) is 1. The van der Waals surface area contributed by atoms with Crippen molar-refractivity contribution < 1.29 is 14.2 Å². The van der Waals surface area contributed by atoms with Crippen LogP contribution in [-0.2, 0) is 6.42 Å². The lowest BCUT2D eigenvalue weighted by Crippen LogP contribution is -2.20. The number of benzene rings is 2. The van der Waals surface area contributed by atoms with Crippen molar-refractivity contribution in [3.05, 3.63) is 65.0 Å². The van der Waals surface area contributed by atoms with Crippen LogP contribution in [-0.4, -0.2) is 5.11 Å². The molecule has 0 spiro atoms. The second-order valence-corrected chi connectivity index (χ2v) is 5.09. The van der Waals surface area contributed by atoms with Crippen LogP contribution in [0.3, 0.4) is 0 Å². The third-order valence-corrected chi connectivity index (χ3v) is 3.82. The highest BCUT2D eigenvalue weighted by Crippen LogP contribution is 2.41. The van der Waals surface area contributed by atoms with E-state index in [4.69, 9.17) is 4.74 Å². The minimum atomic E-state index is -0.616. The zero-order chi connectivity index (χ0) is 14.1. The predicted molar refractivity (Wildman–Crippen MR) is 75.2 cm³/mol. The predicted octanol–water partition coefficient (Wildman–Crippen LogP) is 3.95. The minimum Gasteiger partial charge on any atom is -0.485 e. The Morgan fingerprint density at radius 1 is 1.20 bits per heavy atom. The molecule has 2 aromatic carbocycles. The van der Waals surface area contributed by atoms with Gasteiger partial charge in [0.1, 0.15) is 17.7 Å². The molecule has 104 valence electrons. The van der Waals surface area contributed by atoms with E-state index in [2.05, 4.69) is 13.0 Å². The summed E-state index contributed by atoms with van der Waals surface area (Å²) < 4.78 is 19.2. The van der Waals surface area contributed by atoms with E-state index in [0.29, 0.717) is 17.7 Å². The van der Waals surface area contributed by atoms with E-state index in [1.54, 1.807) is 6.07 Å². The maximum atomic E-state index is 13.3. The Labute approximate surface area is 117 Å². The number of aryl methyl sites for hydroxylation is 1. The summed E-state index contributed by atoms with van der Waals surface area (Å²) in [6, 6.07) is 12.3. The van der Waals surface area contributed by atoms with Crippen molar-refractivity contribution in [3.63, 3.8) is 0 Å². The molecule has 0 saturated carbocycles. The number of aliphatic hydroxyl groups is 1. The molecule has 0 bridgehead atoms. The normalized spacial score (nSPS) is 21.1. The van der Waals surface area contributed by atoms with E-state index >= 15 is 0 Å². The highest BCUT2D eigenvalue weighted by atomic mass is 19.1. The van der Waals surface area contributed by atoms with Crippen molar-refractivity contribution in [1.82, 2.24) is 0 Å². The summed E-state index contributed by atoms with van der Waals surface area (Å²) in [5.41, 5.74) is 2.94. The van der Waals surface area contributed by atoms with Crippen molar-refractivity contribution in [2.45, 2.75) is 32.0 Å². The van der Waals surface area contributed by atoms with Gasteiger partial charge in [-0.2, -0.15) is 0 Å². The monoisotopic (exact) mass is 272 g/mol. The molecule has 0 fully saturated rings. The molecule has 0 aliphatic carbocycles. The Bertz CT molecular complexity index is 624. The van der Waals surface area contributed by atoms with Crippen LogP contribution < -0.4 is 4.74 Å². The quantitative estimate of drug-likeness (QED) is 0.897. The first kappa shape index (κ1) is 13.1. The fourth-order valence-electron chi connectivity index (χ4n) is 2.78. The van der Waals surface area contributed by atoms with Gasteiger partial charge in [0.2, 0.25) is 0 Å². The number of aliphatic hydroxyl groups excluding tert-OH is 1. The molecular formula is C17H17FO2. The first-order chi connectivity index (χ1) is 9.69. The van der Waals surface area contributed by atoms with Gasteiger partial charge in [0.05, 0.1) is 6.10 Å². The molecule has 1 unspecified atom stereocenters. The van der Waals surface area contributed by atoms with Gasteiger partial charge in [-0.05, 0) is 29.7 Å². The summed E-state index contributed by atoms with van der Waals surface area (Å²) in [5.74, 6) is 0.0973. The van der Waals surface area contributed by atoms with Crippen LogP contribution in [0, 0.1) is 5.82 Å². The van der Waals surface area contributed by atoms with E-state index in [-0.39, 0.29) is 11.9 Å². The van der Waals surface area contributed by atoms with Crippen molar-refractivity contribution in [2.24, 2.45) is 0 Å². The van der Waals surface area contributed by atoms with Crippen LogP contribution in [0.4, 0.5) is 4.39 Å². The fourth-order valence-corrected chi connectivity index (χ4v) is 2.78. The molecule has 1 heterocycles. The third kappa shape index (κ3) is 2.29. The molecule has 1 N–H and O–H groups in total. The molecule has 1 aliphatic heterocycles. The average molecular weight is 272 g/mol. The Balaban J connectivity index is 1.98. The number of rotatable bonds is 2. The van der Waals surface area contributed by atoms with Crippen LogP contribution >= 0.6 is 0 Å². The largest absolute Gasteiger partial charge is 0.485 e. The zero-order valence-electron chi connectivity index (χ0n) is 11.3. The number of ether oxygens (including phenoxy) is 1. The van der Waals surface area contributed by atoms with Crippen molar-refractivity contribution in [3.8, 4) is 5.75 Å². The van der Waals surface area contributed by atoms with Gasteiger partial charge in [-0.25, -0.2) is 4.39 Å². The summed E-state index contributed by atoms with van der Waals surface area (Å²) in [6.45, 7) is 2.09. The summed E-state index contributed by atoms with van der Waals surface area (Å²) >= 11 is 0. The van der Waals surface area contributed by atoms with E-state index in [9.17, 15) is 9.50 Å². The maximum Gasteiger partial charge on any atom is 0.128 e. The van der Waals surface area contributed by atoms with Crippen LogP contribution in [0.25, 0.3) is 0 Å². The molecule has 0 radical (unpaired) electrons. The Morgan fingerprint density at radius 3 is 2.80 bits per heavy atom. The molecule has 2 nitrogen and oxygen atoms in total. The van der Waals surface area contributed by atoms with E-state index in [1.165, 1.54) is 17.7 Å². The van der Waals surface area contributed by atoms with Gasteiger partial charge >= 0.3 is 0 Å².